The predicted octanol–water partition coefficient (Wildman–Crippen LogP) is 5.83. The maximum Gasteiger partial charge on any atom is 0.163 e. The Morgan fingerprint density at radius 1 is 0.971 bits per heavy atom. The van der Waals surface area contributed by atoms with Crippen LogP contribution in [0.5, 0.6) is 0 Å². The maximum atomic E-state index is 5.00. The fraction of sp³-hybridized carbons (Fsp3) is 0.107. The number of nitrogens with zero attached hydrogens (tertiary/aromatic N) is 4. The molecule has 2 N–H and O–H groups in total. The third-order valence-electron chi connectivity index (χ3n) is 6.25. The summed E-state index contributed by atoms with van der Waals surface area (Å²) >= 11 is 0. The fourth-order valence-corrected chi connectivity index (χ4v) is 4.48. The van der Waals surface area contributed by atoms with E-state index in [2.05, 4.69) is 70.9 Å². The molecular weight excluding hydrogens is 420 g/mol. The minimum atomic E-state index is 0.164. The van der Waals surface area contributed by atoms with Crippen LogP contribution in [0, 0.1) is 6.92 Å². The van der Waals surface area contributed by atoms with Crippen LogP contribution < -0.4 is 5.32 Å². The summed E-state index contributed by atoms with van der Waals surface area (Å²) in [6, 6.07) is 24.9. The number of H-pyrrole nitrogens is 1. The van der Waals surface area contributed by atoms with Gasteiger partial charge in [-0.05, 0) is 48.4 Å². The monoisotopic (exact) mass is 444 g/mol. The van der Waals surface area contributed by atoms with Gasteiger partial charge in [0.1, 0.15) is 11.5 Å². The highest BCUT2D eigenvalue weighted by molar-refractivity contribution is 5.90. The number of aryl methyl sites for hydroxylation is 1. The number of pyridine rings is 1. The summed E-state index contributed by atoms with van der Waals surface area (Å²) in [6.45, 7) is 2.77. The number of aromatic nitrogens is 5. The molecule has 6 rings (SSSR count). The summed E-state index contributed by atoms with van der Waals surface area (Å²) < 4.78 is 2.00. The Morgan fingerprint density at radius 2 is 1.82 bits per heavy atom. The van der Waals surface area contributed by atoms with Crippen LogP contribution in [0.2, 0.25) is 0 Å². The number of imidazole rings is 1. The Bertz CT molecular complexity index is 1570. The van der Waals surface area contributed by atoms with Crippen molar-refractivity contribution in [2.75, 3.05) is 11.9 Å². The van der Waals surface area contributed by atoms with Crippen molar-refractivity contribution in [3.63, 3.8) is 0 Å². The van der Waals surface area contributed by atoms with Crippen molar-refractivity contribution in [3.8, 4) is 11.4 Å². The van der Waals surface area contributed by atoms with Crippen LogP contribution in [0.3, 0.4) is 0 Å². The van der Waals surface area contributed by atoms with E-state index in [9.17, 15) is 0 Å². The van der Waals surface area contributed by atoms with E-state index in [1.165, 1.54) is 11.3 Å². The van der Waals surface area contributed by atoms with Gasteiger partial charge in [-0.1, -0.05) is 42.5 Å². The van der Waals surface area contributed by atoms with Crippen molar-refractivity contribution < 1.29 is 0 Å². The Labute approximate surface area is 197 Å². The Balaban J connectivity index is 1.42. The summed E-state index contributed by atoms with van der Waals surface area (Å²) in [6.07, 6.45) is 7.77. The van der Waals surface area contributed by atoms with E-state index >= 15 is 0 Å². The van der Waals surface area contributed by atoms with Crippen molar-refractivity contribution in [1.29, 1.82) is 0 Å². The topological polar surface area (TPSA) is 70.9 Å². The second-order valence-electron chi connectivity index (χ2n) is 8.45. The second-order valence-corrected chi connectivity index (χ2v) is 8.45. The van der Waals surface area contributed by atoms with Gasteiger partial charge >= 0.3 is 0 Å². The minimum absolute atomic E-state index is 0.164. The van der Waals surface area contributed by atoms with Crippen molar-refractivity contribution in [3.05, 3.63) is 114 Å². The number of benzene rings is 2. The molecule has 0 fully saturated rings. The zero-order valence-corrected chi connectivity index (χ0v) is 18.8. The van der Waals surface area contributed by atoms with Gasteiger partial charge in [0.15, 0.2) is 5.82 Å². The molecule has 0 aliphatic heterocycles. The van der Waals surface area contributed by atoms with Gasteiger partial charge in [0.05, 0.1) is 5.52 Å². The van der Waals surface area contributed by atoms with Gasteiger partial charge in [-0.3, -0.25) is 0 Å². The van der Waals surface area contributed by atoms with E-state index in [0.717, 1.165) is 33.5 Å². The lowest BCUT2D eigenvalue weighted by molar-refractivity contribution is 0.822. The molecule has 0 saturated heterocycles. The molecule has 2 aromatic carbocycles. The van der Waals surface area contributed by atoms with Crippen molar-refractivity contribution in [2.45, 2.75) is 12.8 Å². The normalized spacial score (nSPS) is 12.3. The molecule has 0 bridgehead atoms. The van der Waals surface area contributed by atoms with Crippen LogP contribution in [0.25, 0.3) is 27.9 Å². The molecular formula is C28H24N6. The van der Waals surface area contributed by atoms with Crippen LogP contribution in [0.15, 0.2) is 97.6 Å². The molecule has 166 valence electrons. The van der Waals surface area contributed by atoms with Crippen molar-refractivity contribution in [1.82, 2.24) is 24.3 Å². The lowest BCUT2D eigenvalue weighted by Gasteiger charge is -2.19. The molecule has 0 aliphatic carbocycles. The second kappa shape index (κ2) is 8.48. The van der Waals surface area contributed by atoms with E-state index in [4.69, 9.17) is 9.97 Å². The molecule has 4 heterocycles. The first-order valence-corrected chi connectivity index (χ1v) is 11.4. The lowest BCUT2D eigenvalue weighted by atomic mass is 9.96. The zero-order valence-electron chi connectivity index (χ0n) is 18.8. The Kier molecular flexibility index (Phi) is 5.03. The highest BCUT2D eigenvalue weighted by atomic mass is 15.0. The first kappa shape index (κ1) is 20.2. The van der Waals surface area contributed by atoms with Gasteiger partial charge in [-0.2, -0.15) is 0 Å². The van der Waals surface area contributed by atoms with Gasteiger partial charge in [0.2, 0.25) is 0 Å². The van der Waals surface area contributed by atoms with Crippen LogP contribution >= 0.6 is 0 Å². The fourth-order valence-electron chi connectivity index (χ4n) is 4.48. The van der Waals surface area contributed by atoms with Gasteiger partial charge in [0, 0.05) is 53.9 Å². The van der Waals surface area contributed by atoms with E-state index in [-0.39, 0.29) is 5.92 Å². The molecule has 6 heteroatoms. The minimum Gasteiger partial charge on any atom is -0.368 e. The zero-order chi connectivity index (χ0) is 22.9. The molecule has 6 aromatic rings. The number of nitrogens with one attached hydrogen (secondary N) is 2. The van der Waals surface area contributed by atoms with Crippen molar-refractivity contribution >= 4 is 22.4 Å². The number of rotatable bonds is 6. The summed E-state index contributed by atoms with van der Waals surface area (Å²) in [7, 11) is 0. The number of aromatic amines is 1. The quantitative estimate of drug-likeness (QED) is 0.339. The number of fused-ring (bicyclic) bond motifs is 2. The van der Waals surface area contributed by atoms with E-state index < -0.39 is 0 Å². The largest absolute Gasteiger partial charge is 0.368 e. The Hall–Kier alpha value is -4.45. The number of para-hydroxylation sites is 1. The predicted molar refractivity (Wildman–Crippen MR) is 136 cm³/mol. The van der Waals surface area contributed by atoms with Crippen LogP contribution in [-0.2, 0) is 0 Å². The first-order chi connectivity index (χ1) is 16.8. The number of anilines is 1. The van der Waals surface area contributed by atoms with Crippen LogP contribution in [0.4, 0.5) is 5.82 Å². The third-order valence-corrected chi connectivity index (χ3v) is 6.25. The van der Waals surface area contributed by atoms with E-state index in [0.29, 0.717) is 12.4 Å². The van der Waals surface area contributed by atoms with E-state index in [1.54, 1.807) is 6.20 Å². The standard InChI is InChI=1S/C28H24N6/c1-19-16-26-30-14-15-34(26)18-23(19)28-32-25-11-6-5-10-21(25)27(33-28)31-17-22(24-12-7-13-29-24)20-8-3-2-4-9-20/h2-16,18,22,29H,17H2,1H3,(H,31,32,33). The third kappa shape index (κ3) is 3.69. The molecule has 0 amide bonds. The molecule has 0 saturated carbocycles. The molecule has 0 radical (unpaired) electrons. The Morgan fingerprint density at radius 3 is 2.68 bits per heavy atom. The molecule has 0 spiro atoms. The summed E-state index contributed by atoms with van der Waals surface area (Å²) in [5, 5.41) is 4.65. The average molecular weight is 445 g/mol. The van der Waals surface area contributed by atoms with E-state index in [1.807, 2.05) is 47.1 Å². The summed E-state index contributed by atoms with van der Waals surface area (Å²) in [5.74, 6) is 1.70. The van der Waals surface area contributed by atoms with Gasteiger partial charge in [0.25, 0.3) is 0 Å². The summed E-state index contributed by atoms with van der Waals surface area (Å²) in [5.41, 5.74) is 6.32. The number of hydrogen-bond donors (Lipinski definition) is 2. The highest BCUT2D eigenvalue weighted by Crippen LogP contribution is 2.29. The molecule has 1 atom stereocenters. The SMILES string of the molecule is Cc1cc2nccn2cc1-c1nc(NCC(c2ccccc2)c2ccc[nH]2)c2ccccc2n1. The highest BCUT2D eigenvalue weighted by Gasteiger charge is 2.17. The van der Waals surface area contributed by atoms with Crippen LogP contribution in [-0.4, -0.2) is 30.9 Å². The molecule has 34 heavy (non-hydrogen) atoms. The van der Waals surface area contributed by atoms with Crippen LogP contribution in [0.1, 0.15) is 22.7 Å². The maximum absolute atomic E-state index is 5.00. The number of hydrogen-bond acceptors (Lipinski definition) is 4. The van der Waals surface area contributed by atoms with Gasteiger partial charge < -0.3 is 14.7 Å². The molecule has 6 nitrogen and oxygen atoms in total. The van der Waals surface area contributed by atoms with Gasteiger partial charge in [-0.15, -0.1) is 0 Å². The lowest BCUT2D eigenvalue weighted by Crippen LogP contribution is -2.16. The first-order valence-electron chi connectivity index (χ1n) is 11.4. The summed E-state index contributed by atoms with van der Waals surface area (Å²) in [4.78, 5) is 17.7. The molecule has 1 unspecified atom stereocenters. The smallest absolute Gasteiger partial charge is 0.163 e. The average Bonchev–Trinajstić information content (AvgIpc) is 3.56. The van der Waals surface area contributed by atoms with Gasteiger partial charge in [-0.25, -0.2) is 15.0 Å². The molecule has 4 aromatic heterocycles. The molecule has 0 aliphatic rings. The van der Waals surface area contributed by atoms with Crippen molar-refractivity contribution in [2.24, 2.45) is 0 Å².